The van der Waals surface area contributed by atoms with Crippen LogP contribution in [-0.4, -0.2) is 32.0 Å². The van der Waals surface area contributed by atoms with Crippen molar-refractivity contribution in [2.24, 2.45) is 0 Å². The lowest BCUT2D eigenvalue weighted by atomic mass is 10.0. The molecule has 0 saturated heterocycles. The molecule has 0 heterocycles. The van der Waals surface area contributed by atoms with Crippen molar-refractivity contribution in [2.45, 2.75) is 38.6 Å². The first kappa shape index (κ1) is 11.4. The number of aliphatic hydroxyl groups is 1. The Kier molecular flexibility index (Phi) is 4.54. The molecule has 0 aromatic heterocycles. The first-order valence-corrected chi connectivity index (χ1v) is 8.00. The van der Waals surface area contributed by atoms with Gasteiger partial charge in [-0.25, -0.2) is 0 Å². The SMILES string of the molecule is [2H]C([2H])([2H])Oc1cc(C([2H])([2H])C([2H])([2H])CCC(O)COc2cccc(C)c2)ccc1OC. The van der Waals surface area contributed by atoms with Gasteiger partial charge in [0.15, 0.2) is 11.5 Å². The van der Waals surface area contributed by atoms with Gasteiger partial charge >= 0.3 is 0 Å². The third kappa shape index (κ3) is 6.31. The van der Waals surface area contributed by atoms with E-state index in [-0.39, 0.29) is 36.5 Å². The molecule has 0 aliphatic heterocycles. The van der Waals surface area contributed by atoms with E-state index in [1.807, 2.05) is 25.1 Å². The van der Waals surface area contributed by atoms with Crippen molar-refractivity contribution in [3.05, 3.63) is 53.6 Å². The molecule has 0 bridgehead atoms. The monoisotopic (exact) mass is 351 g/mol. The molecule has 1 N–H and O–H groups in total. The second-order valence-corrected chi connectivity index (χ2v) is 5.59. The third-order valence-corrected chi connectivity index (χ3v) is 3.54. The Morgan fingerprint density at radius 2 is 2.04 bits per heavy atom. The molecular weight excluding hydrogens is 316 g/mol. The second-order valence-electron chi connectivity index (χ2n) is 5.59. The van der Waals surface area contributed by atoms with E-state index in [0.717, 1.165) is 11.6 Å². The minimum Gasteiger partial charge on any atom is -0.493 e. The van der Waals surface area contributed by atoms with Crippen LogP contribution >= 0.6 is 0 Å². The summed E-state index contributed by atoms with van der Waals surface area (Å²) in [4.78, 5) is 0. The first-order valence-electron chi connectivity index (χ1n) is 11.5. The molecule has 0 amide bonds. The van der Waals surface area contributed by atoms with E-state index < -0.39 is 25.9 Å². The summed E-state index contributed by atoms with van der Waals surface area (Å²) < 4.78 is 70.6. The van der Waals surface area contributed by atoms with Gasteiger partial charge in [-0.15, -0.1) is 0 Å². The largest absolute Gasteiger partial charge is 0.493 e. The number of ether oxygens (including phenoxy) is 3. The number of hydrogen-bond acceptors (Lipinski definition) is 4. The summed E-state index contributed by atoms with van der Waals surface area (Å²) in [5.74, 6) is 0.462. The molecule has 0 saturated carbocycles. The summed E-state index contributed by atoms with van der Waals surface area (Å²) in [6.45, 7) is 1.86. The standard InChI is InChI=1S/C21H28O4/c1-16-7-6-10-19(13-16)25-15-18(22)9-5-4-8-17-11-12-20(23-2)21(14-17)24-3/h6-7,10-14,18,22H,4-5,8-9,15H2,1-3H3/i3D3,4D2,8D2. The number of methoxy groups -OCH3 is 2. The summed E-state index contributed by atoms with van der Waals surface area (Å²) in [6, 6.07) is 11.1. The van der Waals surface area contributed by atoms with Gasteiger partial charge in [-0.2, -0.15) is 0 Å². The van der Waals surface area contributed by atoms with Gasteiger partial charge in [0.05, 0.1) is 24.4 Å². The van der Waals surface area contributed by atoms with Crippen molar-refractivity contribution in [1.29, 1.82) is 0 Å². The van der Waals surface area contributed by atoms with Crippen molar-refractivity contribution < 1.29 is 28.9 Å². The van der Waals surface area contributed by atoms with Gasteiger partial charge in [-0.1, -0.05) is 24.6 Å². The molecular formula is C21H28O4. The van der Waals surface area contributed by atoms with E-state index in [2.05, 4.69) is 0 Å². The van der Waals surface area contributed by atoms with Crippen LogP contribution in [0.2, 0.25) is 0 Å². The lowest BCUT2D eigenvalue weighted by molar-refractivity contribution is 0.0976. The summed E-state index contributed by atoms with van der Waals surface area (Å²) in [5, 5.41) is 10.2. The van der Waals surface area contributed by atoms with Gasteiger partial charge in [0.1, 0.15) is 12.4 Å². The smallest absolute Gasteiger partial charge is 0.160 e. The van der Waals surface area contributed by atoms with Crippen LogP contribution in [0.1, 0.15) is 39.9 Å². The fourth-order valence-electron chi connectivity index (χ4n) is 2.22. The highest BCUT2D eigenvalue weighted by Crippen LogP contribution is 2.28. The first-order chi connectivity index (χ1) is 14.7. The number of hydrogen-bond donors (Lipinski definition) is 1. The topological polar surface area (TPSA) is 47.9 Å². The molecule has 136 valence electrons. The molecule has 0 spiro atoms. The zero-order valence-corrected chi connectivity index (χ0v) is 14.4. The Bertz CT molecular complexity index is 900. The Morgan fingerprint density at radius 1 is 1.16 bits per heavy atom. The van der Waals surface area contributed by atoms with Crippen LogP contribution in [0.3, 0.4) is 0 Å². The molecule has 2 rings (SSSR count). The molecule has 2 aromatic carbocycles. The second kappa shape index (κ2) is 9.94. The van der Waals surface area contributed by atoms with E-state index in [4.69, 9.17) is 23.8 Å². The van der Waals surface area contributed by atoms with Gasteiger partial charge in [0.25, 0.3) is 0 Å². The van der Waals surface area contributed by atoms with Crippen molar-refractivity contribution in [2.75, 3.05) is 20.8 Å². The highest BCUT2D eigenvalue weighted by molar-refractivity contribution is 5.42. The zero-order chi connectivity index (χ0) is 24.2. The summed E-state index contributed by atoms with van der Waals surface area (Å²) in [6.07, 6.45) is -6.19. The maximum atomic E-state index is 10.2. The number of rotatable bonds is 10. The van der Waals surface area contributed by atoms with E-state index in [1.165, 1.54) is 19.2 Å². The Morgan fingerprint density at radius 3 is 2.80 bits per heavy atom. The van der Waals surface area contributed by atoms with Gasteiger partial charge in [-0.05, 0) is 61.5 Å². The van der Waals surface area contributed by atoms with Crippen molar-refractivity contribution in [3.8, 4) is 17.2 Å². The van der Waals surface area contributed by atoms with E-state index in [1.54, 1.807) is 6.07 Å². The predicted octanol–water partition coefficient (Wildman–Crippen LogP) is 4.16. The van der Waals surface area contributed by atoms with E-state index in [0.29, 0.717) is 5.75 Å². The molecule has 1 unspecified atom stereocenters. The fraction of sp³-hybridized carbons (Fsp3) is 0.429. The normalized spacial score (nSPS) is 17.6. The quantitative estimate of drug-likeness (QED) is 0.698. The van der Waals surface area contributed by atoms with Crippen molar-refractivity contribution in [1.82, 2.24) is 0 Å². The average molecular weight is 351 g/mol. The summed E-state index contributed by atoms with van der Waals surface area (Å²) in [5.41, 5.74) is 0.899. The molecule has 2 aromatic rings. The molecule has 4 heteroatoms. The minimum absolute atomic E-state index is 0.0346. The van der Waals surface area contributed by atoms with Crippen LogP contribution in [0.15, 0.2) is 42.5 Å². The van der Waals surface area contributed by atoms with Crippen LogP contribution < -0.4 is 14.2 Å². The van der Waals surface area contributed by atoms with Gasteiger partial charge in [0, 0.05) is 5.48 Å². The van der Waals surface area contributed by atoms with Gasteiger partial charge in [0.2, 0.25) is 0 Å². The van der Waals surface area contributed by atoms with E-state index in [9.17, 15) is 5.11 Å². The van der Waals surface area contributed by atoms with Crippen LogP contribution in [0.5, 0.6) is 17.2 Å². The lowest BCUT2D eigenvalue weighted by Crippen LogP contribution is -2.17. The van der Waals surface area contributed by atoms with Crippen LogP contribution in [-0.2, 0) is 6.37 Å². The Hall–Kier alpha value is -2.20. The third-order valence-electron chi connectivity index (χ3n) is 3.54. The van der Waals surface area contributed by atoms with Crippen LogP contribution in [0, 0.1) is 6.92 Å². The van der Waals surface area contributed by atoms with Crippen molar-refractivity contribution in [3.63, 3.8) is 0 Å². The number of aryl methyl sites for hydroxylation is 2. The number of benzene rings is 2. The van der Waals surface area contributed by atoms with E-state index >= 15 is 0 Å². The lowest BCUT2D eigenvalue weighted by Gasteiger charge is -2.13. The van der Waals surface area contributed by atoms with Crippen molar-refractivity contribution >= 4 is 0 Å². The Labute approximate surface area is 160 Å². The molecule has 4 nitrogen and oxygen atoms in total. The minimum atomic E-state index is -2.78. The molecule has 0 fully saturated rings. The van der Waals surface area contributed by atoms with Gasteiger partial charge < -0.3 is 19.3 Å². The number of aliphatic hydroxyl groups excluding tert-OH is 1. The fourth-order valence-corrected chi connectivity index (χ4v) is 2.22. The van der Waals surface area contributed by atoms with Gasteiger partial charge in [-0.3, -0.25) is 0 Å². The maximum Gasteiger partial charge on any atom is 0.160 e. The highest BCUT2D eigenvalue weighted by atomic mass is 16.5. The molecule has 0 aliphatic rings. The van der Waals surface area contributed by atoms with Crippen LogP contribution in [0.25, 0.3) is 0 Å². The summed E-state index contributed by atoms with van der Waals surface area (Å²) >= 11 is 0. The molecule has 0 aliphatic carbocycles. The molecule has 0 radical (unpaired) electrons. The maximum absolute atomic E-state index is 10.2. The highest BCUT2D eigenvalue weighted by Gasteiger charge is 2.07. The average Bonchev–Trinajstić information content (AvgIpc) is 2.69. The molecule has 1 atom stereocenters. The Balaban J connectivity index is 2.08. The zero-order valence-electron chi connectivity index (χ0n) is 21.4. The van der Waals surface area contributed by atoms with Crippen LogP contribution in [0.4, 0.5) is 0 Å². The predicted molar refractivity (Wildman–Crippen MR) is 99.8 cm³/mol. The molecule has 25 heavy (non-hydrogen) atoms. The summed E-state index contributed by atoms with van der Waals surface area (Å²) in [7, 11) is -1.46.